The Hall–Kier alpha value is -11.2. The number of carbonyl (C=O) groups excluding carboxylic acids is 8. The Kier molecular flexibility index (Phi) is 54.4. The average molecular weight is 1720 g/mol. The summed E-state index contributed by atoms with van der Waals surface area (Å²) in [5, 5.41) is 44.3. The highest BCUT2D eigenvalue weighted by atomic mass is 35.5. The molecular formula is C86H113ClF6N4O23. The minimum absolute atomic E-state index is 0.0417. The molecule has 0 fully saturated rings. The van der Waals surface area contributed by atoms with Gasteiger partial charge in [-0.1, -0.05) is 27.7 Å². The molecule has 0 saturated carbocycles. The molecule has 0 aliphatic heterocycles. The van der Waals surface area contributed by atoms with E-state index in [1.807, 2.05) is 46.7 Å². The first-order valence-corrected chi connectivity index (χ1v) is 36.5. The number of Topliss-reactive ketones (excluding diaryl/α,β-unsaturated/α-hetero) is 7. The van der Waals surface area contributed by atoms with Crippen molar-refractivity contribution in [2.75, 3.05) is 98.3 Å². The van der Waals surface area contributed by atoms with Gasteiger partial charge in [0.15, 0.2) is 17.3 Å². The minimum atomic E-state index is -1.28. The average Bonchev–Trinajstić information content (AvgIpc) is 0.853. The fourth-order valence-corrected chi connectivity index (χ4v) is 9.42. The largest absolute Gasteiger partial charge is 0.506 e. The second-order valence-corrected chi connectivity index (χ2v) is 27.3. The van der Waals surface area contributed by atoms with E-state index in [1.54, 1.807) is 67.8 Å². The number of aliphatic hydroxyl groups is 3. The van der Waals surface area contributed by atoms with E-state index in [0.717, 1.165) is 42.5 Å². The van der Waals surface area contributed by atoms with Crippen molar-refractivity contribution in [1.29, 1.82) is 0 Å². The molecule has 0 radical (unpaired) electrons. The van der Waals surface area contributed by atoms with Crippen molar-refractivity contribution in [3.05, 3.63) is 192 Å². The molecule has 6 rings (SSSR count). The van der Waals surface area contributed by atoms with Crippen LogP contribution in [0.5, 0.6) is 34.5 Å². The SMILES string of the molecule is CC(=O)CC(C)=O.CC(C)[C@H](N)CO.COC(OC)N(C)C.COc1cc(F)c(C(=O)C(=CN(C)C)C(C)=O)cc1C.COc1cc(F)c(C(=O)CC(C)=O)cc1C.COc1cc(F)c(C(=O)Cl)cc1C.COc1cc(F)c(C(=O)O)cc1C.COc1cc(F)c(C(O)=C(C=N[C@H](CO)C(C)C)C(C)=O)cc1C.COc1ccc(C(=O)O)c(F)c1. The van der Waals surface area contributed by atoms with Crippen LogP contribution in [0.2, 0.25) is 0 Å². The number of carboxylic acids is 2. The molecule has 664 valence electrons. The number of nitrogens with zero attached hydrogens (tertiary/aromatic N) is 3. The summed E-state index contributed by atoms with van der Waals surface area (Å²) < 4.78 is 120. The number of carbonyl (C=O) groups is 10. The van der Waals surface area contributed by atoms with Gasteiger partial charge >= 0.3 is 11.9 Å². The fourth-order valence-electron chi connectivity index (χ4n) is 9.27. The molecular weight excluding hydrogens is 1610 g/mol. The molecule has 6 aromatic carbocycles. The zero-order chi connectivity index (χ0) is 93.6. The number of carboxylic acid groups (broad SMARTS) is 2. The molecule has 34 heteroatoms. The predicted octanol–water partition coefficient (Wildman–Crippen LogP) is 14.3. The van der Waals surface area contributed by atoms with Crippen LogP contribution in [0.4, 0.5) is 26.3 Å². The maximum Gasteiger partial charge on any atom is 0.338 e. The van der Waals surface area contributed by atoms with Gasteiger partial charge in [-0.05, 0) is 177 Å². The van der Waals surface area contributed by atoms with E-state index in [1.165, 1.54) is 126 Å². The zero-order valence-corrected chi connectivity index (χ0v) is 73.3. The maximum absolute atomic E-state index is 14.2. The van der Waals surface area contributed by atoms with Crippen LogP contribution in [0, 0.1) is 81.4 Å². The van der Waals surface area contributed by atoms with Gasteiger partial charge in [0.1, 0.15) is 92.5 Å². The lowest BCUT2D eigenvalue weighted by atomic mass is 9.99. The number of aliphatic hydroxyl groups excluding tert-OH is 3. The fraction of sp³-hybridized carbons (Fsp3) is 0.407. The van der Waals surface area contributed by atoms with Crippen LogP contribution >= 0.6 is 11.6 Å². The Morgan fingerprint density at radius 2 is 0.808 bits per heavy atom. The zero-order valence-electron chi connectivity index (χ0n) is 72.5. The first-order valence-electron chi connectivity index (χ1n) is 36.1. The summed E-state index contributed by atoms with van der Waals surface area (Å²) >= 11 is 5.16. The van der Waals surface area contributed by atoms with Crippen LogP contribution in [-0.4, -0.2) is 216 Å². The number of methoxy groups -OCH3 is 8. The van der Waals surface area contributed by atoms with Crippen molar-refractivity contribution in [2.45, 2.75) is 128 Å². The number of aromatic carboxylic acids is 2. The summed E-state index contributed by atoms with van der Waals surface area (Å²) in [6, 6.07) is 15.6. The highest BCUT2D eigenvalue weighted by Gasteiger charge is 2.24. The molecule has 0 heterocycles. The molecule has 120 heavy (non-hydrogen) atoms. The van der Waals surface area contributed by atoms with Crippen molar-refractivity contribution in [1.82, 2.24) is 9.80 Å². The lowest BCUT2D eigenvalue weighted by Gasteiger charge is -2.19. The van der Waals surface area contributed by atoms with Gasteiger partial charge in [0.2, 0.25) is 12.2 Å². The smallest absolute Gasteiger partial charge is 0.338 e. The molecule has 27 nitrogen and oxygen atoms in total. The van der Waals surface area contributed by atoms with E-state index in [0.29, 0.717) is 68.2 Å². The summed E-state index contributed by atoms with van der Waals surface area (Å²) in [5.74, 6) is -7.15. The Morgan fingerprint density at radius 1 is 0.458 bits per heavy atom. The van der Waals surface area contributed by atoms with Crippen LogP contribution < -0.4 is 34.2 Å². The highest BCUT2D eigenvalue weighted by Crippen LogP contribution is 2.30. The second kappa shape index (κ2) is 57.8. The number of aryl methyl sites for hydroxylation is 5. The van der Waals surface area contributed by atoms with Gasteiger partial charge in [-0.15, -0.1) is 0 Å². The first kappa shape index (κ1) is 113. The number of aliphatic imine (C=N–C) groups is 1. The molecule has 0 bridgehead atoms. The maximum atomic E-state index is 14.2. The van der Waals surface area contributed by atoms with E-state index < -0.39 is 87.0 Å². The van der Waals surface area contributed by atoms with E-state index in [9.17, 15) is 84.5 Å². The molecule has 7 N–H and O–H groups in total. The van der Waals surface area contributed by atoms with E-state index in [4.69, 9.17) is 70.5 Å². The topological polar surface area (TPSA) is 391 Å². The molecule has 2 atom stereocenters. The Labute approximate surface area is 701 Å². The lowest BCUT2D eigenvalue weighted by Crippen LogP contribution is -2.30. The molecule has 0 aromatic heterocycles. The summed E-state index contributed by atoms with van der Waals surface area (Å²) in [7, 11) is 18.9. The van der Waals surface area contributed by atoms with E-state index >= 15 is 0 Å². The third kappa shape index (κ3) is 41.0. The van der Waals surface area contributed by atoms with Crippen molar-refractivity contribution in [2.24, 2.45) is 22.6 Å². The van der Waals surface area contributed by atoms with Crippen molar-refractivity contribution in [3.63, 3.8) is 0 Å². The summed E-state index contributed by atoms with van der Waals surface area (Å²) in [6.45, 7) is 22.8. The Morgan fingerprint density at radius 3 is 1.08 bits per heavy atom. The second-order valence-electron chi connectivity index (χ2n) is 26.9. The summed E-state index contributed by atoms with van der Waals surface area (Å²) in [4.78, 5) is 117. The first-order chi connectivity index (χ1) is 55.7. The predicted molar refractivity (Wildman–Crippen MR) is 444 cm³/mol. The molecule has 6 aromatic rings. The van der Waals surface area contributed by atoms with E-state index in [2.05, 4.69) is 4.99 Å². The van der Waals surface area contributed by atoms with E-state index in [-0.39, 0.29) is 106 Å². The number of nitrogens with two attached hydrogens (primary N) is 1. The number of benzene rings is 6. The Balaban J connectivity index is -0.00000132. The number of hydrogen-bond donors (Lipinski definition) is 6. The van der Waals surface area contributed by atoms with Gasteiger partial charge < -0.3 is 74.1 Å². The minimum Gasteiger partial charge on any atom is -0.506 e. The number of ketones is 7. The van der Waals surface area contributed by atoms with Crippen LogP contribution in [0.3, 0.4) is 0 Å². The molecule has 0 amide bonds. The number of hydrogen-bond acceptors (Lipinski definition) is 25. The van der Waals surface area contributed by atoms with Crippen molar-refractivity contribution < 1.29 is 138 Å². The van der Waals surface area contributed by atoms with Gasteiger partial charge in [-0.25, -0.2) is 35.9 Å². The van der Waals surface area contributed by atoms with Crippen LogP contribution in [0.1, 0.15) is 160 Å². The number of rotatable bonds is 29. The van der Waals surface area contributed by atoms with Crippen molar-refractivity contribution in [3.8, 4) is 34.5 Å². The van der Waals surface area contributed by atoms with Gasteiger partial charge in [0, 0.05) is 83.2 Å². The molecule has 0 saturated heterocycles. The lowest BCUT2D eigenvalue weighted by molar-refractivity contribution is -0.179. The van der Waals surface area contributed by atoms with Crippen LogP contribution in [0.15, 0.2) is 101 Å². The summed E-state index contributed by atoms with van der Waals surface area (Å²) in [5.41, 5.74) is 7.27. The normalized spacial score (nSPS) is 11.2. The monoisotopic (exact) mass is 1720 g/mol. The number of ether oxygens (including phenoxy) is 8. The van der Waals surface area contributed by atoms with Gasteiger partial charge in [0.05, 0.1) is 119 Å². The van der Waals surface area contributed by atoms with Gasteiger partial charge in [0.25, 0.3) is 5.24 Å². The Bertz CT molecular complexity index is 4440. The van der Waals surface area contributed by atoms with Crippen LogP contribution in [-0.2, 0) is 33.4 Å². The third-order valence-electron chi connectivity index (χ3n) is 15.9. The quantitative estimate of drug-likeness (QED) is 0.00292. The molecule has 0 unspecified atom stereocenters. The summed E-state index contributed by atoms with van der Waals surface area (Å²) in [6.07, 6.45) is 2.18. The molecule has 0 aliphatic carbocycles. The van der Waals surface area contributed by atoms with Gasteiger partial charge in [-0.2, -0.15) is 0 Å². The standard InChI is InChI=1S/C18H24FNO4.C15H18FNO3.C12H13FO3.C9H8ClFO2.C9H9FO3.C8H7FO3.C5H13NO2.C5H13NO.C5H8O2/c1-10(2)16(9-21)20-8-14(12(4)22)18(23)13-6-11(3)17(24-5)7-15(13)19;1-9-6-11(13(16)7-14(9)20-5)15(19)12(10(2)18)8-17(3)4;1-7-4-9(11(15)5-8(2)14)10(13)6-12(7)16-3;1-5-3-6(9(10)12)7(11)4-8(5)13-2;1-5-3-6(9(11)12)7(10)4-8(5)13-2;1-12-5-2-3-6(8(10)11)7(9)4-5;1-6(2)5(7-3)8-4;1-4(2)5(6)3-7;1-4(6)3-5(2)7/h6-8,10,16,21,23H,9H2,1-5H3;6-8H,1-5H3;4,6H,5H2,1-3H3;3-4H,1-2H3;3-4H,1-2H3,(H,11,12);2-4H,1H3,(H,10,11);5H,1-4H3;4-5,7H,3,6H2,1-2H3;3H2,1-2H3/t16-;;;;;;;5-;/m1......1./s1. The van der Waals surface area contributed by atoms with Gasteiger partial charge in [-0.3, -0.25) is 48.2 Å². The number of allylic oxidation sites excluding steroid dienone is 2. The third-order valence-corrected chi connectivity index (χ3v) is 16.1. The molecule has 0 aliphatic rings. The number of halogens is 7. The molecule has 0 spiro atoms. The van der Waals surface area contributed by atoms with Crippen LogP contribution in [0.25, 0.3) is 5.76 Å². The highest BCUT2D eigenvalue weighted by molar-refractivity contribution is 6.67. The van der Waals surface area contributed by atoms with Crippen molar-refractivity contribution >= 4 is 81.2 Å².